The topological polar surface area (TPSA) is 47.0 Å². The van der Waals surface area contributed by atoms with E-state index >= 15 is 0 Å². The van der Waals surface area contributed by atoms with E-state index in [9.17, 15) is 0 Å². The van der Waals surface area contributed by atoms with Crippen molar-refractivity contribution < 1.29 is 9.47 Å². The zero-order chi connectivity index (χ0) is 19.0. The predicted molar refractivity (Wildman–Crippen MR) is 110 cm³/mol. The summed E-state index contributed by atoms with van der Waals surface area (Å²) in [7, 11) is 3.26. The van der Waals surface area contributed by atoms with Crippen molar-refractivity contribution in [1.29, 1.82) is 0 Å². The van der Waals surface area contributed by atoms with Gasteiger partial charge in [-0.15, -0.1) is 0 Å². The van der Waals surface area contributed by atoms with Crippen LogP contribution < -0.4 is 9.47 Å². The van der Waals surface area contributed by atoms with E-state index in [1.165, 1.54) is 0 Å². The highest BCUT2D eigenvalue weighted by molar-refractivity contribution is 8.14. The molecule has 0 N–H and O–H groups in total. The van der Waals surface area contributed by atoms with E-state index in [4.69, 9.17) is 26.1 Å². The molecule has 1 aromatic carbocycles. The second kappa shape index (κ2) is 7.60. The lowest BCUT2D eigenvalue weighted by atomic mass is 9.94. The zero-order valence-electron chi connectivity index (χ0n) is 15.6. The van der Waals surface area contributed by atoms with E-state index in [-0.39, 0.29) is 12.1 Å². The smallest absolute Gasteiger partial charge is 0.162 e. The number of hydrogen-bond donors (Lipinski definition) is 0. The number of rotatable bonds is 5. The summed E-state index contributed by atoms with van der Waals surface area (Å²) in [4.78, 5) is 12.0. The van der Waals surface area contributed by atoms with Crippen molar-refractivity contribution in [2.45, 2.75) is 31.5 Å². The number of thioether (sulfide) groups is 1. The van der Waals surface area contributed by atoms with Crippen LogP contribution in [0.3, 0.4) is 0 Å². The third kappa shape index (κ3) is 3.15. The first kappa shape index (κ1) is 18.4. The Morgan fingerprint density at radius 3 is 2.67 bits per heavy atom. The Labute approximate surface area is 168 Å². The number of benzene rings is 1. The maximum Gasteiger partial charge on any atom is 0.162 e. The van der Waals surface area contributed by atoms with Gasteiger partial charge in [0.05, 0.1) is 26.0 Å². The zero-order valence-corrected chi connectivity index (χ0v) is 17.1. The summed E-state index contributed by atoms with van der Waals surface area (Å²) in [5.74, 6) is 2.35. The summed E-state index contributed by atoms with van der Waals surface area (Å²) in [6.45, 7) is 2.22. The predicted octanol–water partition coefficient (Wildman–Crippen LogP) is 4.73. The second-order valence-corrected chi connectivity index (χ2v) is 7.96. The van der Waals surface area contributed by atoms with Crippen molar-refractivity contribution in [3.63, 3.8) is 0 Å². The van der Waals surface area contributed by atoms with Crippen LogP contribution in [0, 0.1) is 0 Å². The molecule has 1 fully saturated rings. The number of hydrogen-bond acceptors (Lipinski definition) is 6. The number of methoxy groups -OCH3 is 2. The van der Waals surface area contributed by atoms with Crippen molar-refractivity contribution in [3.05, 3.63) is 52.8 Å². The summed E-state index contributed by atoms with van der Waals surface area (Å²) in [5.41, 5.74) is 1.94. The first-order chi connectivity index (χ1) is 13.2. The maximum atomic E-state index is 6.71. The molecule has 7 heteroatoms. The molecular formula is C20H22ClN3O2S. The van der Waals surface area contributed by atoms with Crippen molar-refractivity contribution in [2.75, 3.05) is 20.0 Å². The number of aromatic nitrogens is 1. The fourth-order valence-corrected chi connectivity index (χ4v) is 5.39. The maximum absolute atomic E-state index is 6.71. The molecule has 3 heterocycles. The number of halogens is 1. The van der Waals surface area contributed by atoms with E-state index in [2.05, 4.69) is 16.8 Å². The van der Waals surface area contributed by atoms with Crippen LogP contribution in [0.15, 0.2) is 41.5 Å². The highest BCUT2D eigenvalue weighted by atomic mass is 35.5. The molecule has 142 valence electrons. The summed E-state index contributed by atoms with van der Waals surface area (Å²) >= 11 is 8.53. The average molecular weight is 404 g/mol. The van der Waals surface area contributed by atoms with Gasteiger partial charge in [-0.3, -0.25) is 9.98 Å². The Bertz CT molecular complexity index is 862. The minimum Gasteiger partial charge on any atom is -0.493 e. The van der Waals surface area contributed by atoms with Crippen molar-refractivity contribution in [3.8, 4) is 11.5 Å². The monoisotopic (exact) mass is 403 g/mol. The van der Waals surface area contributed by atoms with E-state index in [0.29, 0.717) is 22.6 Å². The fraction of sp³-hybridized carbons (Fsp3) is 0.400. The molecule has 0 bridgehead atoms. The van der Waals surface area contributed by atoms with Crippen LogP contribution in [0.4, 0.5) is 0 Å². The molecule has 2 aliphatic heterocycles. The Hall–Kier alpha value is -1.92. The van der Waals surface area contributed by atoms with Crippen LogP contribution in [0.2, 0.25) is 5.02 Å². The molecule has 2 aliphatic rings. The van der Waals surface area contributed by atoms with Gasteiger partial charge in [-0.1, -0.05) is 36.4 Å². The lowest BCUT2D eigenvalue weighted by molar-refractivity contribution is 0.254. The van der Waals surface area contributed by atoms with Crippen LogP contribution in [-0.2, 0) is 0 Å². The number of fused-ring (bicyclic) bond motifs is 1. The molecule has 0 aliphatic carbocycles. The van der Waals surface area contributed by atoms with Gasteiger partial charge < -0.3 is 14.4 Å². The van der Waals surface area contributed by atoms with Gasteiger partial charge >= 0.3 is 0 Å². The molecule has 1 saturated heterocycles. The fourth-order valence-electron chi connectivity index (χ4n) is 3.78. The van der Waals surface area contributed by atoms with Crippen LogP contribution in [-0.4, -0.2) is 41.1 Å². The number of amidine groups is 1. The van der Waals surface area contributed by atoms with Crippen LogP contribution in [0.5, 0.6) is 11.5 Å². The Morgan fingerprint density at radius 1 is 1.22 bits per heavy atom. The Balaban J connectivity index is 1.84. The number of nitrogens with zero attached hydrogens (tertiary/aromatic N) is 3. The van der Waals surface area contributed by atoms with Crippen molar-refractivity contribution in [1.82, 2.24) is 9.88 Å². The first-order valence-electron chi connectivity index (χ1n) is 8.99. The highest BCUT2D eigenvalue weighted by Gasteiger charge is 2.46. The largest absolute Gasteiger partial charge is 0.493 e. The number of aliphatic imine (C=N–C) groups is 1. The van der Waals surface area contributed by atoms with Crippen molar-refractivity contribution >= 4 is 28.5 Å². The molecule has 4 rings (SSSR count). The third-order valence-electron chi connectivity index (χ3n) is 5.15. The molecule has 1 aromatic heterocycles. The number of ether oxygens (including phenoxy) is 2. The molecule has 2 aromatic rings. The van der Waals surface area contributed by atoms with Gasteiger partial charge in [0.2, 0.25) is 0 Å². The van der Waals surface area contributed by atoms with Crippen LogP contribution in [0.25, 0.3) is 0 Å². The minimum absolute atomic E-state index is 0.0119. The van der Waals surface area contributed by atoms with E-state index in [0.717, 1.165) is 28.6 Å². The van der Waals surface area contributed by atoms with Crippen LogP contribution >= 0.6 is 23.4 Å². The SMILES string of the molecule is CC[C@@H]1CSC2=N[C@@H](c3ccccn3)[C@H](c3cc(OC)c(OC)cc3Cl)N21. The Kier molecular flexibility index (Phi) is 5.19. The van der Waals surface area contributed by atoms with Gasteiger partial charge in [0.1, 0.15) is 6.04 Å². The standard InChI is InChI=1S/C20H22ClN3O2S/c1-4-12-11-27-20-23-18(15-7-5-6-8-22-15)19(24(12)20)13-9-16(25-2)17(26-3)10-14(13)21/h5-10,12,18-19H,4,11H2,1-3H3/t12-,18+,19+/m1/s1. The quantitative estimate of drug-likeness (QED) is 0.722. The third-order valence-corrected chi connectivity index (χ3v) is 6.60. The first-order valence-corrected chi connectivity index (χ1v) is 10.4. The average Bonchev–Trinajstić information content (AvgIpc) is 3.27. The molecular weight excluding hydrogens is 382 g/mol. The minimum atomic E-state index is -0.0985. The summed E-state index contributed by atoms with van der Waals surface area (Å²) in [6, 6.07) is 10.1. The van der Waals surface area contributed by atoms with E-state index < -0.39 is 0 Å². The molecule has 0 saturated carbocycles. The summed E-state index contributed by atoms with van der Waals surface area (Å²) < 4.78 is 10.9. The lowest BCUT2D eigenvalue weighted by Gasteiger charge is -2.32. The summed E-state index contributed by atoms with van der Waals surface area (Å²) in [5, 5.41) is 1.73. The summed E-state index contributed by atoms with van der Waals surface area (Å²) in [6.07, 6.45) is 2.87. The second-order valence-electron chi connectivity index (χ2n) is 6.57. The lowest BCUT2D eigenvalue weighted by Crippen LogP contribution is -2.35. The van der Waals surface area contributed by atoms with Crippen LogP contribution in [0.1, 0.15) is 36.7 Å². The van der Waals surface area contributed by atoms with Gasteiger partial charge in [-0.25, -0.2) is 0 Å². The van der Waals surface area contributed by atoms with Crippen molar-refractivity contribution in [2.24, 2.45) is 4.99 Å². The molecule has 27 heavy (non-hydrogen) atoms. The van der Waals surface area contributed by atoms with Gasteiger partial charge in [0.25, 0.3) is 0 Å². The normalized spacial score (nSPS) is 23.9. The molecule has 5 nitrogen and oxygen atoms in total. The van der Waals surface area contributed by atoms with E-state index in [1.54, 1.807) is 14.2 Å². The highest BCUT2D eigenvalue weighted by Crippen LogP contribution is 2.51. The number of pyridine rings is 1. The van der Waals surface area contributed by atoms with Gasteiger partial charge in [-0.2, -0.15) is 0 Å². The molecule has 3 atom stereocenters. The van der Waals surface area contributed by atoms with E-state index in [1.807, 2.05) is 48.3 Å². The van der Waals surface area contributed by atoms with Gasteiger partial charge in [-0.05, 0) is 30.2 Å². The molecule has 0 radical (unpaired) electrons. The van der Waals surface area contributed by atoms with Gasteiger partial charge in [0.15, 0.2) is 16.7 Å². The molecule has 0 spiro atoms. The van der Waals surface area contributed by atoms with Gasteiger partial charge in [0, 0.05) is 29.1 Å². The Morgan fingerprint density at radius 2 is 2.00 bits per heavy atom. The molecule has 0 amide bonds. The molecule has 0 unspecified atom stereocenters.